The topological polar surface area (TPSA) is 140 Å². The van der Waals surface area contributed by atoms with Gasteiger partial charge in [0.1, 0.15) is 12.1 Å². The summed E-state index contributed by atoms with van der Waals surface area (Å²) in [5.74, 6) is -1.16. The summed E-state index contributed by atoms with van der Waals surface area (Å²) < 4.78 is 14.2. The molecule has 7 rings (SSSR count). The van der Waals surface area contributed by atoms with Gasteiger partial charge < -0.3 is 19.4 Å². The molecular formula is C45H55N7O5S. The fraction of sp³-hybridized carbons (Fsp3) is 0.467. The van der Waals surface area contributed by atoms with Crippen molar-refractivity contribution in [2.75, 3.05) is 20.3 Å². The van der Waals surface area contributed by atoms with Crippen LogP contribution >= 0.6 is 11.3 Å². The first-order valence-corrected chi connectivity index (χ1v) is 21.2. The van der Waals surface area contributed by atoms with Crippen LogP contribution in [0.1, 0.15) is 82.3 Å². The Kier molecular flexibility index (Phi) is 12.1. The zero-order chi connectivity index (χ0) is 41.3. The van der Waals surface area contributed by atoms with Crippen molar-refractivity contribution in [2.24, 2.45) is 22.2 Å². The Morgan fingerprint density at radius 2 is 2.07 bits per heavy atom. The number of rotatable bonds is 9. The second-order valence-corrected chi connectivity index (χ2v) is 17.3. The van der Waals surface area contributed by atoms with Gasteiger partial charge in [-0.2, -0.15) is 0 Å². The van der Waals surface area contributed by atoms with Crippen molar-refractivity contribution in [3.63, 3.8) is 0 Å². The molecule has 1 aliphatic carbocycles. The van der Waals surface area contributed by atoms with Gasteiger partial charge in [0, 0.05) is 89.4 Å². The Morgan fingerprint density at radius 3 is 2.78 bits per heavy atom. The molecule has 58 heavy (non-hydrogen) atoms. The summed E-state index contributed by atoms with van der Waals surface area (Å²) in [6.07, 6.45) is 6.98. The van der Waals surface area contributed by atoms with Crippen LogP contribution < -0.4 is 10.7 Å². The monoisotopic (exact) mass is 805 g/mol. The maximum absolute atomic E-state index is 14.4. The second kappa shape index (κ2) is 17.1. The van der Waals surface area contributed by atoms with Crippen molar-refractivity contribution in [1.82, 2.24) is 30.3 Å². The predicted molar refractivity (Wildman–Crippen MR) is 228 cm³/mol. The summed E-state index contributed by atoms with van der Waals surface area (Å²) in [5.41, 5.74) is 10.1. The molecule has 0 unspecified atom stereocenters. The Labute approximate surface area is 344 Å². The number of allylic oxidation sites excluding steroid dienone is 2. The molecule has 6 bridgehead atoms. The van der Waals surface area contributed by atoms with Crippen molar-refractivity contribution in [3.8, 4) is 11.3 Å². The second-order valence-electron chi connectivity index (χ2n) is 16.4. The van der Waals surface area contributed by atoms with E-state index in [1.165, 1.54) is 16.3 Å². The number of ether oxygens (including phenoxy) is 2. The van der Waals surface area contributed by atoms with Gasteiger partial charge in [0.15, 0.2) is 0 Å². The summed E-state index contributed by atoms with van der Waals surface area (Å²) in [6.45, 7) is 17.7. The number of hydrogen-bond donors (Lipinski definition) is 2. The van der Waals surface area contributed by atoms with E-state index in [0.717, 1.165) is 50.4 Å². The van der Waals surface area contributed by atoms with E-state index in [1.54, 1.807) is 19.5 Å². The van der Waals surface area contributed by atoms with E-state index in [0.29, 0.717) is 37.4 Å². The number of hydrogen-bond acceptors (Lipinski definition) is 10. The molecule has 2 amide bonds. The van der Waals surface area contributed by atoms with Gasteiger partial charge in [-0.3, -0.25) is 29.4 Å². The molecule has 5 heterocycles. The number of nitrogens with zero attached hydrogens (tertiary/aromatic N) is 5. The number of cyclic esters (lactones) is 1. The normalized spacial score (nSPS) is 24.5. The molecule has 12 nitrogen and oxygen atoms in total. The Balaban J connectivity index is 1.32. The van der Waals surface area contributed by atoms with Crippen LogP contribution in [0.25, 0.3) is 27.7 Å². The summed E-state index contributed by atoms with van der Waals surface area (Å²) in [7, 11) is 1.68. The molecule has 0 radical (unpaired) electrons. The first kappa shape index (κ1) is 41.2. The van der Waals surface area contributed by atoms with Gasteiger partial charge in [0.05, 0.1) is 34.8 Å². The third-order valence-electron chi connectivity index (χ3n) is 11.8. The molecular weight excluding hydrogens is 751 g/mol. The predicted octanol–water partition coefficient (Wildman–Crippen LogP) is 6.90. The van der Waals surface area contributed by atoms with Crippen LogP contribution in [0.4, 0.5) is 0 Å². The molecule has 6 atom stereocenters. The molecule has 2 fully saturated rings. The number of pyridine rings is 1. The van der Waals surface area contributed by atoms with E-state index in [1.807, 2.05) is 50.4 Å². The van der Waals surface area contributed by atoms with E-state index in [4.69, 9.17) is 19.5 Å². The number of carbonyl (C=O) groups excluding carboxylic acids is 3. The number of nitrogens with one attached hydrogen (secondary N) is 2. The SMILES string of the molecule is C=C/C(=C(\N=CC)[C@H](C)OC)c1c2c3cc(ccc3n1CC)-c1csc(n1)C[C@H](NC(=O)[C@H]1[C@@H](C)[C@@H]1c1ccccn1)C(=O)N1CCC[C@H](N1)C(=O)OCC(C)(C)C2. The van der Waals surface area contributed by atoms with Crippen LogP contribution in [0.3, 0.4) is 0 Å². The number of esters is 1. The van der Waals surface area contributed by atoms with Gasteiger partial charge in [-0.1, -0.05) is 45.6 Å². The Hall–Kier alpha value is -4.98. The van der Waals surface area contributed by atoms with Crippen LogP contribution in [-0.4, -0.2) is 82.0 Å². The minimum atomic E-state index is -0.905. The lowest BCUT2D eigenvalue weighted by Gasteiger charge is -2.35. The Morgan fingerprint density at radius 1 is 1.26 bits per heavy atom. The summed E-state index contributed by atoms with van der Waals surface area (Å²) in [6, 6.07) is 10.5. The number of hydrazine groups is 1. The lowest BCUT2D eigenvalue weighted by Crippen LogP contribution is -2.60. The number of carbonyl (C=O) groups is 3. The molecule has 2 aliphatic heterocycles. The van der Waals surface area contributed by atoms with Crippen LogP contribution in [-0.2, 0) is 43.2 Å². The maximum atomic E-state index is 14.4. The van der Waals surface area contributed by atoms with Crippen molar-refractivity contribution >= 4 is 51.8 Å². The van der Waals surface area contributed by atoms with Crippen molar-refractivity contribution in [1.29, 1.82) is 0 Å². The molecule has 1 aromatic carbocycles. The largest absolute Gasteiger partial charge is 0.464 e. The highest BCUT2D eigenvalue weighted by Gasteiger charge is 2.54. The molecule has 306 valence electrons. The number of amides is 2. The minimum absolute atomic E-state index is 0.0196. The first-order valence-electron chi connectivity index (χ1n) is 20.3. The number of aromatic nitrogens is 3. The Bertz CT molecular complexity index is 2260. The van der Waals surface area contributed by atoms with E-state index >= 15 is 0 Å². The van der Waals surface area contributed by atoms with E-state index in [-0.39, 0.29) is 48.7 Å². The fourth-order valence-electron chi connectivity index (χ4n) is 8.64. The van der Waals surface area contributed by atoms with Gasteiger partial charge >= 0.3 is 5.97 Å². The van der Waals surface area contributed by atoms with Crippen LogP contribution in [0, 0.1) is 17.3 Å². The lowest BCUT2D eigenvalue weighted by atomic mass is 9.84. The summed E-state index contributed by atoms with van der Waals surface area (Å²) in [4.78, 5) is 56.4. The van der Waals surface area contributed by atoms with Gasteiger partial charge in [0.25, 0.3) is 5.91 Å². The first-order chi connectivity index (χ1) is 27.9. The average Bonchev–Trinajstić information content (AvgIpc) is 3.53. The number of aliphatic imine (C=N–C) groups is 1. The highest BCUT2D eigenvalue weighted by molar-refractivity contribution is 7.10. The van der Waals surface area contributed by atoms with E-state index in [2.05, 4.69) is 65.8 Å². The molecule has 3 aliphatic rings. The third-order valence-corrected chi connectivity index (χ3v) is 12.6. The van der Waals surface area contributed by atoms with Crippen LogP contribution in [0.5, 0.6) is 0 Å². The zero-order valence-electron chi connectivity index (χ0n) is 34.6. The van der Waals surface area contributed by atoms with Gasteiger partial charge in [0.2, 0.25) is 5.91 Å². The smallest absolute Gasteiger partial charge is 0.324 e. The number of fused-ring (bicyclic) bond motifs is 6. The molecule has 0 spiro atoms. The number of benzene rings is 1. The molecule has 1 saturated carbocycles. The van der Waals surface area contributed by atoms with Crippen LogP contribution in [0.2, 0.25) is 0 Å². The standard InChI is InChI=1S/C45H55N7O5S/c1-9-29(40(46-10-2)27(5)56-8)41-31-23-45(6,7)25-57-44(55)33-16-14-20-52(50-33)43(54)34(49-42(53)39-26(4)38(39)32-15-12-13-19-47-32)22-37-48-35(24-58-37)28-17-18-36(30(31)21-28)51(41)11-3/h9-10,12-13,15,17-19,21,24,26-27,33-34,38-39,50H,1,11,14,16,20,22-23,25H2,2-8H3,(H,49,53)/b40-29+,46-10?/t26-,27-,33-,34-,38+,39-/m0/s1. The highest BCUT2D eigenvalue weighted by atomic mass is 32.1. The van der Waals surface area contributed by atoms with E-state index in [9.17, 15) is 14.4 Å². The molecule has 3 aromatic heterocycles. The molecule has 1 saturated heterocycles. The molecule has 2 N–H and O–H groups in total. The number of aryl methyl sites for hydroxylation is 1. The lowest BCUT2D eigenvalue weighted by molar-refractivity contribution is -0.155. The minimum Gasteiger partial charge on any atom is -0.464 e. The molecule has 13 heteroatoms. The fourth-order valence-corrected chi connectivity index (χ4v) is 9.49. The molecule has 4 aromatic rings. The third kappa shape index (κ3) is 8.17. The van der Waals surface area contributed by atoms with Crippen molar-refractivity contribution in [2.45, 2.75) is 97.9 Å². The van der Waals surface area contributed by atoms with Gasteiger partial charge in [-0.15, -0.1) is 11.3 Å². The van der Waals surface area contributed by atoms with Crippen LogP contribution in [0.15, 0.2) is 71.3 Å². The van der Waals surface area contributed by atoms with Gasteiger partial charge in [-0.25, -0.2) is 10.4 Å². The maximum Gasteiger partial charge on any atom is 0.324 e. The number of methoxy groups -OCH3 is 1. The summed E-state index contributed by atoms with van der Waals surface area (Å²) >= 11 is 1.46. The zero-order valence-corrected chi connectivity index (χ0v) is 35.4. The van der Waals surface area contributed by atoms with E-state index < -0.39 is 23.5 Å². The number of thiazole rings is 1. The summed E-state index contributed by atoms with van der Waals surface area (Å²) in [5, 5.41) is 8.37. The van der Waals surface area contributed by atoms with Crippen molar-refractivity contribution < 1.29 is 23.9 Å². The quantitative estimate of drug-likeness (QED) is 0.106. The average molecular weight is 806 g/mol. The van der Waals surface area contributed by atoms with Crippen molar-refractivity contribution in [3.05, 3.63) is 88.3 Å². The van der Waals surface area contributed by atoms with Gasteiger partial charge in [-0.05, 0) is 75.8 Å². The highest BCUT2D eigenvalue weighted by Crippen LogP contribution is 2.53.